The summed E-state index contributed by atoms with van der Waals surface area (Å²) in [6.07, 6.45) is 7.55. The lowest BCUT2D eigenvalue weighted by atomic mass is 10.1. The van der Waals surface area contributed by atoms with Crippen molar-refractivity contribution in [2.45, 2.75) is 32.9 Å². The second-order valence-corrected chi connectivity index (χ2v) is 5.06. The van der Waals surface area contributed by atoms with E-state index in [1.807, 2.05) is 29.2 Å². The zero-order valence-electron chi connectivity index (χ0n) is 10.5. The van der Waals surface area contributed by atoms with Crippen LogP contribution in [-0.4, -0.2) is 14.8 Å². The standard InChI is InChI=1S/C13H18N4/c1-13(2,3)17-10-11(8-16-17)7-15-12-5-4-6-14-9-12/h4-6,8-10,15H,7H2,1-3H3. The first-order chi connectivity index (χ1) is 8.05. The minimum absolute atomic E-state index is 0.0343. The van der Waals surface area contributed by atoms with E-state index in [2.05, 4.69) is 42.4 Å². The zero-order valence-corrected chi connectivity index (χ0v) is 10.5. The van der Waals surface area contributed by atoms with E-state index in [1.165, 1.54) is 5.56 Å². The molecule has 90 valence electrons. The quantitative estimate of drug-likeness (QED) is 0.881. The Hall–Kier alpha value is -1.84. The van der Waals surface area contributed by atoms with Crippen molar-refractivity contribution in [3.63, 3.8) is 0 Å². The summed E-state index contributed by atoms with van der Waals surface area (Å²) in [5.41, 5.74) is 2.23. The van der Waals surface area contributed by atoms with Gasteiger partial charge in [-0.05, 0) is 32.9 Å². The van der Waals surface area contributed by atoms with Gasteiger partial charge < -0.3 is 5.32 Å². The molecule has 0 aromatic carbocycles. The van der Waals surface area contributed by atoms with Gasteiger partial charge in [0.25, 0.3) is 0 Å². The van der Waals surface area contributed by atoms with Gasteiger partial charge in [-0.15, -0.1) is 0 Å². The predicted octanol–water partition coefficient (Wildman–Crippen LogP) is 2.65. The fraction of sp³-hybridized carbons (Fsp3) is 0.385. The molecule has 0 aliphatic carbocycles. The molecule has 0 spiro atoms. The fourth-order valence-corrected chi connectivity index (χ4v) is 1.49. The largest absolute Gasteiger partial charge is 0.380 e. The Bertz CT molecular complexity index is 468. The van der Waals surface area contributed by atoms with Crippen molar-refractivity contribution in [1.82, 2.24) is 14.8 Å². The highest BCUT2D eigenvalue weighted by molar-refractivity contribution is 5.40. The average molecular weight is 230 g/mol. The van der Waals surface area contributed by atoms with Crippen LogP contribution < -0.4 is 5.32 Å². The van der Waals surface area contributed by atoms with Gasteiger partial charge in [-0.2, -0.15) is 5.10 Å². The van der Waals surface area contributed by atoms with Crippen molar-refractivity contribution < 1.29 is 0 Å². The van der Waals surface area contributed by atoms with Crippen LogP contribution in [0.3, 0.4) is 0 Å². The third-order valence-corrected chi connectivity index (χ3v) is 2.48. The van der Waals surface area contributed by atoms with Gasteiger partial charge in [-0.25, -0.2) is 0 Å². The Kier molecular flexibility index (Phi) is 3.13. The van der Waals surface area contributed by atoms with Gasteiger partial charge in [0, 0.05) is 30.7 Å². The van der Waals surface area contributed by atoms with E-state index in [1.54, 1.807) is 6.20 Å². The third-order valence-electron chi connectivity index (χ3n) is 2.48. The van der Waals surface area contributed by atoms with E-state index >= 15 is 0 Å². The van der Waals surface area contributed by atoms with Crippen LogP contribution in [0.1, 0.15) is 26.3 Å². The topological polar surface area (TPSA) is 42.7 Å². The minimum atomic E-state index is 0.0343. The predicted molar refractivity (Wildman–Crippen MR) is 68.8 cm³/mol. The van der Waals surface area contributed by atoms with Crippen LogP contribution in [-0.2, 0) is 12.1 Å². The Morgan fingerprint density at radius 2 is 2.12 bits per heavy atom. The summed E-state index contributed by atoms with van der Waals surface area (Å²) in [4.78, 5) is 4.06. The lowest BCUT2D eigenvalue weighted by molar-refractivity contribution is 0.355. The second kappa shape index (κ2) is 4.57. The van der Waals surface area contributed by atoms with Crippen molar-refractivity contribution >= 4 is 5.69 Å². The molecule has 2 heterocycles. The number of aromatic nitrogens is 3. The lowest BCUT2D eigenvalue weighted by Crippen LogP contribution is -2.21. The molecule has 0 bridgehead atoms. The smallest absolute Gasteiger partial charge is 0.0543 e. The van der Waals surface area contributed by atoms with E-state index in [0.29, 0.717) is 0 Å². The van der Waals surface area contributed by atoms with Crippen LogP contribution in [0, 0.1) is 0 Å². The molecule has 2 aromatic heterocycles. The highest BCUT2D eigenvalue weighted by Crippen LogP contribution is 2.14. The number of rotatable bonds is 3. The molecule has 0 unspecified atom stereocenters. The molecule has 0 aliphatic rings. The first kappa shape index (κ1) is 11.6. The molecule has 1 N–H and O–H groups in total. The average Bonchev–Trinajstić information content (AvgIpc) is 2.76. The van der Waals surface area contributed by atoms with Crippen molar-refractivity contribution in [2.75, 3.05) is 5.32 Å². The molecular weight excluding hydrogens is 212 g/mol. The van der Waals surface area contributed by atoms with E-state index < -0.39 is 0 Å². The monoisotopic (exact) mass is 230 g/mol. The number of pyridine rings is 1. The Labute approximate surface area is 102 Å². The summed E-state index contributed by atoms with van der Waals surface area (Å²) < 4.78 is 1.98. The van der Waals surface area contributed by atoms with E-state index in [9.17, 15) is 0 Å². The normalized spacial score (nSPS) is 11.5. The number of hydrogen-bond donors (Lipinski definition) is 1. The van der Waals surface area contributed by atoms with Crippen LogP contribution in [0.5, 0.6) is 0 Å². The van der Waals surface area contributed by atoms with Crippen molar-refractivity contribution in [3.05, 3.63) is 42.5 Å². The third kappa shape index (κ3) is 3.06. The first-order valence-electron chi connectivity index (χ1n) is 5.73. The lowest BCUT2D eigenvalue weighted by Gasteiger charge is -2.18. The van der Waals surface area contributed by atoms with Gasteiger partial charge in [-0.3, -0.25) is 9.67 Å². The Balaban J connectivity index is 1.99. The van der Waals surface area contributed by atoms with E-state index in [0.717, 1.165) is 12.2 Å². The summed E-state index contributed by atoms with van der Waals surface area (Å²) in [6, 6.07) is 3.92. The van der Waals surface area contributed by atoms with Gasteiger partial charge in [-0.1, -0.05) is 0 Å². The number of nitrogens with zero attached hydrogens (tertiary/aromatic N) is 3. The molecule has 4 heteroatoms. The number of hydrogen-bond acceptors (Lipinski definition) is 3. The molecule has 0 atom stereocenters. The second-order valence-electron chi connectivity index (χ2n) is 5.06. The molecule has 0 amide bonds. The van der Waals surface area contributed by atoms with Gasteiger partial charge in [0.05, 0.1) is 17.4 Å². The van der Waals surface area contributed by atoms with Crippen LogP contribution in [0.15, 0.2) is 36.9 Å². The molecular formula is C13H18N4. The van der Waals surface area contributed by atoms with Gasteiger partial charge in [0.15, 0.2) is 0 Å². The number of nitrogens with one attached hydrogen (secondary N) is 1. The maximum atomic E-state index is 4.36. The summed E-state index contributed by atoms with van der Waals surface area (Å²) in [6.45, 7) is 7.18. The Morgan fingerprint density at radius 3 is 2.71 bits per heavy atom. The zero-order chi connectivity index (χ0) is 12.3. The molecule has 2 aromatic rings. The van der Waals surface area contributed by atoms with Gasteiger partial charge >= 0.3 is 0 Å². The molecule has 0 aliphatic heterocycles. The van der Waals surface area contributed by atoms with Crippen LogP contribution >= 0.6 is 0 Å². The summed E-state index contributed by atoms with van der Waals surface area (Å²) in [7, 11) is 0. The summed E-state index contributed by atoms with van der Waals surface area (Å²) in [5, 5.41) is 7.67. The van der Waals surface area contributed by atoms with Crippen molar-refractivity contribution in [3.8, 4) is 0 Å². The van der Waals surface area contributed by atoms with Crippen LogP contribution in [0.25, 0.3) is 0 Å². The highest BCUT2D eigenvalue weighted by Gasteiger charge is 2.13. The molecule has 0 radical (unpaired) electrons. The molecule has 0 saturated heterocycles. The SMILES string of the molecule is CC(C)(C)n1cc(CNc2cccnc2)cn1. The maximum Gasteiger partial charge on any atom is 0.0543 e. The first-order valence-corrected chi connectivity index (χ1v) is 5.73. The number of anilines is 1. The summed E-state index contributed by atoms with van der Waals surface area (Å²) >= 11 is 0. The van der Waals surface area contributed by atoms with E-state index in [4.69, 9.17) is 0 Å². The van der Waals surface area contributed by atoms with Gasteiger partial charge in [0.1, 0.15) is 0 Å². The van der Waals surface area contributed by atoms with Crippen molar-refractivity contribution in [1.29, 1.82) is 0 Å². The van der Waals surface area contributed by atoms with E-state index in [-0.39, 0.29) is 5.54 Å². The fourth-order valence-electron chi connectivity index (χ4n) is 1.49. The maximum absolute atomic E-state index is 4.36. The molecule has 0 saturated carbocycles. The summed E-state index contributed by atoms with van der Waals surface area (Å²) in [5.74, 6) is 0. The Morgan fingerprint density at radius 1 is 1.29 bits per heavy atom. The van der Waals surface area contributed by atoms with Gasteiger partial charge in [0.2, 0.25) is 0 Å². The minimum Gasteiger partial charge on any atom is -0.380 e. The molecule has 4 nitrogen and oxygen atoms in total. The van der Waals surface area contributed by atoms with Crippen LogP contribution in [0.2, 0.25) is 0 Å². The van der Waals surface area contributed by atoms with Crippen molar-refractivity contribution in [2.24, 2.45) is 0 Å². The molecule has 2 rings (SSSR count). The highest BCUT2D eigenvalue weighted by atomic mass is 15.3. The van der Waals surface area contributed by atoms with Crippen LogP contribution in [0.4, 0.5) is 5.69 Å². The molecule has 17 heavy (non-hydrogen) atoms. The molecule has 0 fully saturated rings.